The SMILES string of the molecule is O=c1c(-c2nnc(SCc3cccc(F)c3)o2)c[nH]c2c(-c3ccccc3)cccc12. The van der Waals surface area contributed by atoms with Crippen molar-refractivity contribution in [2.24, 2.45) is 0 Å². The highest BCUT2D eigenvalue weighted by molar-refractivity contribution is 7.98. The highest BCUT2D eigenvalue weighted by Crippen LogP contribution is 2.28. The molecule has 31 heavy (non-hydrogen) atoms. The molecule has 0 aliphatic carbocycles. The number of hydrogen-bond acceptors (Lipinski definition) is 5. The Hall–Kier alpha value is -3.71. The van der Waals surface area contributed by atoms with Gasteiger partial charge in [-0.1, -0.05) is 66.4 Å². The Kier molecular flexibility index (Phi) is 5.09. The molecule has 152 valence electrons. The van der Waals surface area contributed by atoms with Gasteiger partial charge in [0.25, 0.3) is 11.1 Å². The molecule has 1 N–H and O–H groups in total. The molecule has 5 nitrogen and oxygen atoms in total. The third-order valence-corrected chi connectivity index (χ3v) is 5.78. The topological polar surface area (TPSA) is 71.8 Å². The number of aromatic amines is 1. The van der Waals surface area contributed by atoms with Crippen molar-refractivity contribution in [2.75, 3.05) is 0 Å². The molecule has 0 saturated heterocycles. The quantitative estimate of drug-likeness (QED) is 0.364. The van der Waals surface area contributed by atoms with Gasteiger partial charge in [-0.05, 0) is 29.3 Å². The van der Waals surface area contributed by atoms with Gasteiger partial charge in [0.15, 0.2) is 0 Å². The lowest BCUT2D eigenvalue weighted by Gasteiger charge is -2.07. The summed E-state index contributed by atoms with van der Waals surface area (Å²) in [6.07, 6.45) is 1.60. The van der Waals surface area contributed by atoms with Crippen molar-refractivity contribution in [1.82, 2.24) is 15.2 Å². The number of para-hydroxylation sites is 1. The summed E-state index contributed by atoms with van der Waals surface area (Å²) in [5, 5.41) is 8.91. The van der Waals surface area contributed by atoms with Crippen LogP contribution in [0.4, 0.5) is 4.39 Å². The third kappa shape index (κ3) is 3.87. The van der Waals surface area contributed by atoms with E-state index in [1.165, 1.54) is 23.9 Å². The van der Waals surface area contributed by atoms with Crippen LogP contribution in [0.25, 0.3) is 33.5 Å². The van der Waals surface area contributed by atoms with E-state index in [9.17, 15) is 9.18 Å². The monoisotopic (exact) mass is 429 g/mol. The summed E-state index contributed by atoms with van der Waals surface area (Å²) in [4.78, 5) is 16.4. The predicted octanol–water partition coefficient (Wildman–Crippen LogP) is 5.68. The Bertz CT molecular complexity index is 1430. The maximum atomic E-state index is 13.3. The summed E-state index contributed by atoms with van der Waals surface area (Å²) in [6.45, 7) is 0. The molecule has 0 atom stereocenters. The van der Waals surface area contributed by atoms with Gasteiger partial charge in [0.1, 0.15) is 11.4 Å². The molecule has 0 saturated carbocycles. The first kappa shape index (κ1) is 19.3. The summed E-state index contributed by atoms with van der Waals surface area (Å²) in [7, 11) is 0. The summed E-state index contributed by atoms with van der Waals surface area (Å²) in [5.74, 6) is 0.338. The molecule has 0 fully saturated rings. The second kappa shape index (κ2) is 8.20. The molecule has 0 spiro atoms. The molecule has 0 amide bonds. The van der Waals surface area contributed by atoms with Crippen molar-refractivity contribution in [1.29, 1.82) is 0 Å². The van der Waals surface area contributed by atoms with Crippen molar-refractivity contribution in [3.63, 3.8) is 0 Å². The lowest BCUT2D eigenvalue weighted by Crippen LogP contribution is -2.07. The summed E-state index contributed by atoms with van der Waals surface area (Å²) < 4.78 is 19.0. The van der Waals surface area contributed by atoms with Gasteiger partial charge in [-0.2, -0.15) is 0 Å². The smallest absolute Gasteiger partial charge is 0.277 e. The van der Waals surface area contributed by atoms with Crippen molar-refractivity contribution >= 4 is 22.7 Å². The maximum Gasteiger partial charge on any atom is 0.277 e. The van der Waals surface area contributed by atoms with Crippen molar-refractivity contribution in [2.45, 2.75) is 11.0 Å². The van der Waals surface area contributed by atoms with Crippen molar-refractivity contribution in [3.8, 4) is 22.6 Å². The van der Waals surface area contributed by atoms with Crippen LogP contribution in [0.3, 0.4) is 0 Å². The second-order valence-electron chi connectivity index (χ2n) is 6.92. The molecule has 7 heteroatoms. The zero-order valence-corrected chi connectivity index (χ0v) is 17.0. The Balaban J connectivity index is 1.46. The fourth-order valence-electron chi connectivity index (χ4n) is 3.42. The van der Waals surface area contributed by atoms with Crippen LogP contribution in [0.2, 0.25) is 0 Å². The van der Waals surface area contributed by atoms with E-state index in [1.807, 2.05) is 48.5 Å². The van der Waals surface area contributed by atoms with Gasteiger partial charge >= 0.3 is 0 Å². The standard InChI is InChI=1S/C24H16FN3O2S/c25-17-9-4-6-15(12-17)14-31-24-28-27-23(30-24)20-13-26-21-18(16-7-2-1-3-8-16)10-5-11-19(21)22(20)29/h1-13H,14H2,(H,26,29). The van der Waals surface area contributed by atoms with Gasteiger partial charge in [-0.25, -0.2) is 4.39 Å². The normalized spacial score (nSPS) is 11.1. The molecular weight excluding hydrogens is 413 g/mol. The summed E-state index contributed by atoms with van der Waals surface area (Å²) >= 11 is 1.29. The van der Waals surface area contributed by atoms with E-state index in [0.29, 0.717) is 21.9 Å². The van der Waals surface area contributed by atoms with Crippen LogP contribution in [0.5, 0.6) is 0 Å². The zero-order chi connectivity index (χ0) is 21.2. The predicted molar refractivity (Wildman–Crippen MR) is 119 cm³/mol. The lowest BCUT2D eigenvalue weighted by molar-refractivity contribution is 0.465. The molecule has 5 aromatic rings. The molecule has 2 aromatic heterocycles. The Morgan fingerprint density at radius 2 is 1.77 bits per heavy atom. The molecule has 0 radical (unpaired) electrons. The zero-order valence-electron chi connectivity index (χ0n) is 16.2. The van der Waals surface area contributed by atoms with E-state index in [4.69, 9.17) is 4.42 Å². The Morgan fingerprint density at radius 3 is 2.61 bits per heavy atom. The minimum atomic E-state index is -0.290. The number of nitrogens with one attached hydrogen (secondary N) is 1. The molecule has 5 rings (SSSR count). The third-order valence-electron chi connectivity index (χ3n) is 4.89. The average Bonchev–Trinajstić information content (AvgIpc) is 3.27. The number of aromatic nitrogens is 3. The summed E-state index contributed by atoms with van der Waals surface area (Å²) in [6, 6.07) is 21.8. The molecule has 0 aliphatic rings. The largest absolute Gasteiger partial charge is 0.411 e. The average molecular weight is 429 g/mol. The van der Waals surface area contributed by atoms with Crippen molar-refractivity contribution < 1.29 is 8.81 Å². The number of nitrogens with zero attached hydrogens (tertiary/aromatic N) is 2. The molecule has 3 aromatic carbocycles. The van der Waals surface area contributed by atoms with E-state index >= 15 is 0 Å². The van der Waals surface area contributed by atoms with Crippen LogP contribution in [-0.2, 0) is 5.75 Å². The van der Waals surface area contributed by atoms with E-state index < -0.39 is 0 Å². The van der Waals surface area contributed by atoms with E-state index in [1.54, 1.807) is 18.3 Å². The van der Waals surface area contributed by atoms with Crippen LogP contribution < -0.4 is 5.43 Å². The molecule has 0 bridgehead atoms. The van der Waals surface area contributed by atoms with Crippen LogP contribution in [0.15, 0.2) is 93.4 Å². The first-order valence-electron chi connectivity index (χ1n) is 9.60. The van der Waals surface area contributed by atoms with Crippen LogP contribution in [0, 0.1) is 5.82 Å². The summed E-state index contributed by atoms with van der Waals surface area (Å²) in [5.41, 5.74) is 3.65. The van der Waals surface area contributed by atoms with Crippen LogP contribution in [-0.4, -0.2) is 15.2 Å². The lowest BCUT2D eigenvalue weighted by atomic mass is 10.0. The number of hydrogen-bond donors (Lipinski definition) is 1. The second-order valence-corrected chi connectivity index (χ2v) is 7.84. The number of benzene rings is 3. The number of halogens is 1. The van der Waals surface area contributed by atoms with Crippen LogP contribution >= 0.6 is 11.8 Å². The van der Waals surface area contributed by atoms with E-state index in [0.717, 1.165) is 22.2 Å². The fourth-order valence-corrected chi connectivity index (χ4v) is 4.12. The first-order valence-corrected chi connectivity index (χ1v) is 10.6. The Morgan fingerprint density at radius 1 is 0.935 bits per heavy atom. The molecule has 0 aliphatic heterocycles. The van der Waals surface area contributed by atoms with Gasteiger partial charge in [0.2, 0.25) is 5.43 Å². The van der Waals surface area contributed by atoms with Gasteiger partial charge in [0, 0.05) is 22.9 Å². The number of rotatable bonds is 5. The number of thioether (sulfide) groups is 1. The minimum absolute atomic E-state index is 0.148. The fraction of sp³-hybridized carbons (Fsp3) is 0.0417. The highest BCUT2D eigenvalue weighted by Gasteiger charge is 2.16. The number of pyridine rings is 1. The number of H-pyrrole nitrogens is 1. The maximum absolute atomic E-state index is 13.3. The van der Waals surface area contributed by atoms with E-state index in [-0.39, 0.29) is 17.1 Å². The van der Waals surface area contributed by atoms with Gasteiger partial charge in [-0.3, -0.25) is 4.79 Å². The van der Waals surface area contributed by atoms with Gasteiger partial charge in [-0.15, -0.1) is 10.2 Å². The first-order chi connectivity index (χ1) is 15.2. The highest BCUT2D eigenvalue weighted by atomic mass is 32.2. The minimum Gasteiger partial charge on any atom is -0.411 e. The molecule has 0 unspecified atom stereocenters. The van der Waals surface area contributed by atoms with Crippen LogP contribution in [0.1, 0.15) is 5.56 Å². The van der Waals surface area contributed by atoms with Crippen molar-refractivity contribution in [3.05, 3.63) is 101 Å². The van der Waals surface area contributed by atoms with Gasteiger partial charge in [0.05, 0.1) is 5.52 Å². The van der Waals surface area contributed by atoms with Gasteiger partial charge < -0.3 is 9.40 Å². The molecule has 2 heterocycles. The molecular formula is C24H16FN3O2S. The Labute approximate surface area is 181 Å². The van der Waals surface area contributed by atoms with E-state index in [2.05, 4.69) is 15.2 Å². The number of fused-ring (bicyclic) bond motifs is 1.